The van der Waals surface area contributed by atoms with Crippen LogP contribution in [0, 0.1) is 6.92 Å². The van der Waals surface area contributed by atoms with Crippen molar-refractivity contribution >= 4 is 43.1 Å². The molecule has 4 aromatic carbocycles. The van der Waals surface area contributed by atoms with E-state index < -0.39 is 0 Å². The van der Waals surface area contributed by atoms with Gasteiger partial charge in [0.1, 0.15) is 7.05 Å². The summed E-state index contributed by atoms with van der Waals surface area (Å²) < 4.78 is 2.10. The van der Waals surface area contributed by atoms with Crippen molar-refractivity contribution in [3.8, 4) is 0 Å². The molecule has 1 nitrogen and oxygen atoms in total. The Balaban J connectivity index is 1.97. The van der Waals surface area contributed by atoms with E-state index in [1.165, 1.54) is 48.7 Å². The van der Waals surface area contributed by atoms with Crippen molar-refractivity contribution in [2.75, 3.05) is 0 Å². The summed E-state index contributed by atoms with van der Waals surface area (Å²) in [7, 11) is 2.07. The standard InChI is InChI=1S/C23H18N/c1-15-3-6-18-16(13-15)4-7-22-20(18)9-10-21-19-11-12-24(2)14-17(19)5-8-23(21)22/h3-14H,1-2H3/q+1. The van der Waals surface area contributed by atoms with Crippen LogP contribution in [0.3, 0.4) is 0 Å². The van der Waals surface area contributed by atoms with Gasteiger partial charge in [0.05, 0.1) is 0 Å². The summed E-state index contributed by atoms with van der Waals surface area (Å²) in [6.45, 7) is 2.15. The fourth-order valence-electron chi connectivity index (χ4n) is 3.88. The number of pyridine rings is 1. The molecule has 0 spiro atoms. The number of fused-ring (bicyclic) bond motifs is 7. The molecule has 114 valence electrons. The molecule has 0 N–H and O–H groups in total. The van der Waals surface area contributed by atoms with Gasteiger partial charge >= 0.3 is 0 Å². The normalized spacial score (nSPS) is 11.8. The molecule has 1 aromatic heterocycles. The van der Waals surface area contributed by atoms with Crippen LogP contribution in [-0.4, -0.2) is 0 Å². The molecule has 0 unspecified atom stereocenters. The number of nitrogens with zero attached hydrogens (tertiary/aromatic N) is 1. The Morgan fingerprint density at radius 1 is 0.583 bits per heavy atom. The zero-order valence-corrected chi connectivity index (χ0v) is 13.9. The first-order valence-electron chi connectivity index (χ1n) is 8.34. The molecule has 0 aliphatic carbocycles. The van der Waals surface area contributed by atoms with Gasteiger partial charge < -0.3 is 0 Å². The van der Waals surface area contributed by atoms with Gasteiger partial charge in [0.2, 0.25) is 0 Å². The van der Waals surface area contributed by atoms with E-state index in [0.717, 1.165) is 0 Å². The summed E-state index contributed by atoms with van der Waals surface area (Å²) >= 11 is 0. The average Bonchev–Trinajstić information content (AvgIpc) is 2.60. The van der Waals surface area contributed by atoms with Crippen LogP contribution in [0.25, 0.3) is 43.1 Å². The second-order valence-electron chi connectivity index (χ2n) is 6.72. The Hall–Kier alpha value is -2.93. The molecule has 0 saturated carbocycles. The first-order valence-corrected chi connectivity index (χ1v) is 8.34. The molecule has 0 bridgehead atoms. The van der Waals surface area contributed by atoms with Crippen LogP contribution in [0.2, 0.25) is 0 Å². The maximum Gasteiger partial charge on any atom is 0.176 e. The highest BCUT2D eigenvalue weighted by Gasteiger charge is 2.08. The van der Waals surface area contributed by atoms with Gasteiger partial charge in [-0.05, 0) is 45.3 Å². The lowest BCUT2D eigenvalue weighted by atomic mass is 9.94. The molecule has 0 fully saturated rings. The lowest BCUT2D eigenvalue weighted by Gasteiger charge is -2.10. The fourth-order valence-corrected chi connectivity index (χ4v) is 3.88. The summed E-state index contributed by atoms with van der Waals surface area (Å²) in [5.74, 6) is 0. The van der Waals surface area contributed by atoms with Crippen LogP contribution in [0.1, 0.15) is 5.56 Å². The second-order valence-corrected chi connectivity index (χ2v) is 6.72. The van der Waals surface area contributed by atoms with Crippen molar-refractivity contribution < 1.29 is 4.57 Å². The summed E-state index contributed by atoms with van der Waals surface area (Å²) in [5.41, 5.74) is 1.31. The highest BCUT2D eigenvalue weighted by atomic mass is 14.9. The Morgan fingerprint density at radius 3 is 1.88 bits per heavy atom. The molecule has 0 amide bonds. The monoisotopic (exact) mass is 308 g/mol. The van der Waals surface area contributed by atoms with Crippen LogP contribution in [0.15, 0.2) is 73.1 Å². The number of aryl methyl sites for hydroxylation is 2. The molecule has 0 saturated heterocycles. The van der Waals surface area contributed by atoms with Crippen molar-refractivity contribution in [1.82, 2.24) is 0 Å². The van der Waals surface area contributed by atoms with Gasteiger partial charge in [-0.1, -0.05) is 54.1 Å². The molecule has 1 heterocycles. The average molecular weight is 308 g/mol. The molecule has 5 rings (SSSR count). The predicted octanol–water partition coefficient (Wildman–Crippen LogP) is 5.43. The van der Waals surface area contributed by atoms with Crippen molar-refractivity contribution in [2.45, 2.75) is 6.92 Å². The summed E-state index contributed by atoms with van der Waals surface area (Å²) in [4.78, 5) is 0. The number of benzene rings is 4. The van der Waals surface area contributed by atoms with Gasteiger partial charge in [0.15, 0.2) is 12.4 Å². The van der Waals surface area contributed by atoms with Gasteiger partial charge in [-0.15, -0.1) is 0 Å². The number of hydrogen-bond acceptors (Lipinski definition) is 0. The van der Waals surface area contributed by atoms with Crippen molar-refractivity contribution in [3.05, 3.63) is 78.6 Å². The lowest BCUT2D eigenvalue weighted by Crippen LogP contribution is -2.25. The topological polar surface area (TPSA) is 3.88 Å². The van der Waals surface area contributed by atoms with Gasteiger partial charge in [-0.25, -0.2) is 4.57 Å². The predicted molar refractivity (Wildman–Crippen MR) is 102 cm³/mol. The van der Waals surface area contributed by atoms with Crippen molar-refractivity contribution in [1.29, 1.82) is 0 Å². The summed E-state index contributed by atoms with van der Waals surface area (Å²) in [6.07, 6.45) is 4.30. The number of aromatic nitrogens is 1. The quantitative estimate of drug-likeness (QED) is 0.265. The van der Waals surface area contributed by atoms with E-state index in [4.69, 9.17) is 0 Å². The molecular formula is C23H18N+. The number of hydrogen-bond donors (Lipinski definition) is 0. The smallest absolute Gasteiger partial charge is 0.176 e. The summed E-state index contributed by atoms with van der Waals surface area (Å²) in [5, 5.41) is 10.6. The molecule has 0 atom stereocenters. The Kier molecular flexibility index (Phi) is 2.69. The van der Waals surface area contributed by atoms with Gasteiger partial charge in [-0.3, -0.25) is 0 Å². The molecule has 1 heteroatoms. The highest BCUT2D eigenvalue weighted by molar-refractivity contribution is 6.21. The maximum atomic E-state index is 2.28. The van der Waals surface area contributed by atoms with E-state index in [2.05, 4.69) is 91.6 Å². The Morgan fingerprint density at radius 2 is 1.12 bits per heavy atom. The van der Waals surface area contributed by atoms with E-state index in [-0.39, 0.29) is 0 Å². The zero-order chi connectivity index (χ0) is 16.3. The maximum absolute atomic E-state index is 2.28. The minimum atomic E-state index is 1.28. The first-order chi connectivity index (χ1) is 11.7. The van der Waals surface area contributed by atoms with Gasteiger partial charge in [0, 0.05) is 16.8 Å². The van der Waals surface area contributed by atoms with Crippen LogP contribution in [-0.2, 0) is 7.05 Å². The number of rotatable bonds is 0. The minimum absolute atomic E-state index is 1.28. The summed E-state index contributed by atoms with van der Waals surface area (Å²) in [6, 6.07) is 22.5. The zero-order valence-electron chi connectivity index (χ0n) is 13.9. The minimum Gasteiger partial charge on any atom is -0.207 e. The van der Waals surface area contributed by atoms with E-state index in [1.54, 1.807) is 0 Å². The molecule has 5 aromatic rings. The largest absolute Gasteiger partial charge is 0.207 e. The van der Waals surface area contributed by atoms with Crippen LogP contribution >= 0.6 is 0 Å². The SMILES string of the molecule is Cc1ccc2c(ccc3c2ccc2c4cc[n+](C)cc4ccc23)c1. The van der Waals surface area contributed by atoms with Gasteiger partial charge in [0.25, 0.3) is 0 Å². The second kappa shape index (κ2) is 4.78. The third-order valence-electron chi connectivity index (χ3n) is 5.06. The third kappa shape index (κ3) is 1.85. The third-order valence-corrected chi connectivity index (χ3v) is 5.06. The Bertz CT molecular complexity index is 1160. The first kappa shape index (κ1) is 13.5. The van der Waals surface area contributed by atoms with Gasteiger partial charge in [-0.2, -0.15) is 0 Å². The molecule has 24 heavy (non-hydrogen) atoms. The molecule has 0 aliphatic rings. The van der Waals surface area contributed by atoms with Crippen LogP contribution < -0.4 is 4.57 Å². The van der Waals surface area contributed by atoms with E-state index >= 15 is 0 Å². The van der Waals surface area contributed by atoms with Crippen LogP contribution in [0.4, 0.5) is 0 Å². The van der Waals surface area contributed by atoms with Crippen molar-refractivity contribution in [2.24, 2.45) is 7.05 Å². The Labute approximate surface area is 140 Å². The van der Waals surface area contributed by atoms with E-state index in [0.29, 0.717) is 0 Å². The molecule has 0 aliphatic heterocycles. The highest BCUT2D eigenvalue weighted by Crippen LogP contribution is 2.34. The van der Waals surface area contributed by atoms with E-state index in [9.17, 15) is 0 Å². The molecule has 0 radical (unpaired) electrons. The lowest BCUT2D eigenvalue weighted by molar-refractivity contribution is -0.670. The molecular weight excluding hydrogens is 290 g/mol. The van der Waals surface area contributed by atoms with Crippen molar-refractivity contribution in [3.63, 3.8) is 0 Å². The van der Waals surface area contributed by atoms with Crippen LogP contribution in [0.5, 0.6) is 0 Å². The fraction of sp³-hybridized carbons (Fsp3) is 0.0870. The van der Waals surface area contributed by atoms with E-state index in [1.807, 2.05) is 0 Å².